The minimum atomic E-state index is -4.46. The van der Waals surface area contributed by atoms with Crippen LogP contribution in [0.25, 0.3) is 0 Å². The first kappa shape index (κ1) is 25.8. The molecular weight excluding hydrogens is 485 g/mol. The molecule has 0 aliphatic carbocycles. The van der Waals surface area contributed by atoms with E-state index in [9.17, 15) is 22.8 Å². The van der Waals surface area contributed by atoms with Gasteiger partial charge in [0, 0.05) is 23.5 Å². The molecule has 188 valence electrons. The first-order chi connectivity index (χ1) is 17.2. The number of thioether (sulfide) groups is 1. The summed E-state index contributed by atoms with van der Waals surface area (Å²) in [6.45, 7) is 0.273. The number of halogens is 3. The van der Waals surface area contributed by atoms with Gasteiger partial charge < -0.3 is 9.80 Å². The van der Waals surface area contributed by atoms with Crippen molar-refractivity contribution in [2.24, 2.45) is 0 Å². The molecule has 1 aliphatic rings. The molecule has 0 unspecified atom stereocenters. The van der Waals surface area contributed by atoms with E-state index in [0.717, 1.165) is 22.6 Å². The maximum absolute atomic E-state index is 13.3. The van der Waals surface area contributed by atoms with Crippen LogP contribution < -0.4 is 0 Å². The highest BCUT2D eigenvalue weighted by Crippen LogP contribution is 2.30. The number of aryl methyl sites for hydroxylation is 1. The molecule has 0 saturated carbocycles. The second-order valence-corrected chi connectivity index (χ2v) is 9.70. The summed E-state index contributed by atoms with van der Waals surface area (Å²) < 4.78 is 39.7. The fourth-order valence-electron chi connectivity index (χ4n) is 4.45. The maximum atomic E-state index is 13.3. The molecule has 4 nitrogen and oxygen atoms in total. The van der Waals surface area contributed by atoms with Gasteiger partial charge in [0.25, 0.3) is 5.91 Å². The number of hydrogen-bond donors (Lipinski definition) is 0. The molecule has 0 aromatic heterocycles. The molecule has 0 bridgehead atoms. The number of benzene rings is 3. The number of amides is 2. The zero-order valence-corrected chi connectivity index (χ0v) is 20.7. The molecular formula is C28H27F3N2O2S. The van der Waals surface area contributed by atoms with Crippen LogP contribution >= 0.6 is 11.8 Å². The summed E-state index contributed by atoms with van der Waals surface area (Å²) in [5, 5.41) is 0. The van der Waals surface area contributed by atoms with E-state index < -0.39 is 11.7 Å². The molecule has 1 aliphatic heterocycles. The third-order valence-corrected chi connectivity index (χ3v) is 7.06. The Kier molecular flexibility index (Phi) is 8.04. The number of carbonyl (C=O) groups excluding carboxylic acids is 2. The van der Waals surface area contributed by atoms with E-state index in [4.69, 9.17) is 0 Å². The summed E-state index contributed by atoms with van der Waals surface area (Å²) in [6.07, 6.45) is -1.26. The van der Waals surface area contributed by atoms with Gasteiger partial charge >= 0.3 is 6.18 Å². The lowest BCUT2D eigenvalue weighted by molar-refractivity contribution is -0.139. The summed E-state index contributed by atoms with van der Waals surface area (Å²) in [4.78, 5) is 30.7. The Bertz CT molecular complexity index is 1220. The van der Waals surface area contributed by atoms with Crippen LogP contribution in [-0.4, -0.2) is 47.0 Å². The summed E-state index contributed by atoms with van der Waals surface area (Å²) in [6, 6.07) is 21.8. The third-order valence-electron chi connectivity index (χ3n) is 6.34. The van der Waals surface area contributed by atoms with Gasteiger partial charge in [0.2, 0.25) is 5.91 Å². The lowest BCUT2D eigenvalue weighted by atomic mass is 10.00. The molecule has 0 radical (unpaired) electrons. The quantitative estimate of drug-likeness (QED) is 0.370. The maximum Gasteiger partial charge on any atom is 0.416 e. The van der Waals surface area contributed by atoms with Crippen molar-refractivity contribution >= 4 is 23.6 Å². The largest absolute Gasteiger partial charge is 0.416 e. The predicted octanol–water partition coefficient (Wildman–Crippen LogP) is 5.91. The smallest absolute Gasteiger partial charge is 0.332 e. The van der Waals surface area contributed by atoms with Crippen LogP contribution in [0, 0.1) is 0 Å². The van der Waals surface area contributed by atoms with Crippen molar-refractivity contribution in [1.29, 1.82) is 0 Å². The molecule has 3 aromatic rings. The zero-order valence-electron chi connectivity index (χ0n) is 19.9. The van der Waals surface area contributed by atoms with Crippen molar-refractivity contribution in [2.45, 2.75) is 36.5 Å². The van der Waals surface area contributed by atoms with Crippen LogP contribution in [0.4, 0.5) is 13.2 Å². The number of alkyl halides is 3. The molecule has 0 N–H and O–H groups in total. The van der Waals surface area contributed by atoms with E-state index >= 15 is 0 Å². The van der Waals surface area contributed by atoms with Gasteiger partial charge in [-0.2, -0.15) is 13.2 Å². The Balaban J connectivity index is 1.57. The number of hydrogen-bond acceptors (Lipinski definition) is 3. The Morgan fingerprint density at radius 3 is 2.42 bits per heavy atom. The van der Waals surface area contributed by atoms with E-state index in [1.54, 1.807) is 21.9 Å². The van der Waals surface area contributed by atoms with Gasteiger partial charge in [-0.3, -0.25) is 9.59 Å². The predicted molar refractivity (Wildman–Crippen MR) is 135 cm³/mol. The number of carbonyl (C=O) groups is 2. The summed E-state index contributed by atoms with van der Waals surface area (Å²) >= 11 is 1.53. The molecule has 0 spiro atoms. The highest BCUT2D eigenvalue weighted by molar-refractivity contribution is 7.98. The van der Waals surface area contributed by atoms with Crippen molar-refractivity contribution in [1.82, 2.24) is 9.80 Å². The highest BCUT2D eigenvalue weighted by atomic mass is 32.2. The van der Waals surface area contributed by atoms with Gasteiger partial charge in [-0.15, -0.1) is 11.8 Å². The van der Waals surface area contributed by atoms with Crippen LogP contribution in [-0.2, 0) is 23.9 Å². The fraction of sp³-hybridized carbons (Fsp3) is 0.286. The summed E-state index contributed by atoms with van der Waals surface area (Å²) in [5.74, 6) is -0.492. The van der Waals surface area contributed by atoms with Crippen molar-refractivity contribution in [2.75, 3.05) is 19.3 Å². The van der Waals surface area contributed by atoms with E-state index in [0.29, 0.717) is 30.5 Å². The molecule has 4 rings (SSSR count). The second kappa shape index (κ2) is 11.2. The molecule has 1 fully saturated rings. The van der Waals surface area contributed by atoms with E-state index in [1.165, 1.54) is 17.8 Å². The van der Waals surface area contributed by atoms with E-state index in [1.807, 2.05) is 54.8 Å². The lowest BCUT2D eigenvalue weighted by Crippen LogP contribution is -2.57. The van der Waals surface area contributed by atoms with Gasteiger partial charge in [-0.05, 0) is 60.6 Å². The molecule has 3 aromatic carbocycles. The minimum absolute atomic E-state index is 0.0617. The Morgan fingerprint density at radius 2 is 1.69 bits per heavy atom. The normalized spacial score (nSPS) is 16.3. The topological polar surface area (TPSA) is 40.6 Å². The molecule has 1 atom stereocenters. The number of nitrogens with zero attached hydrogens (tertiary/aromatic N) is 2. The first-order valence-electron chi connectivity index (χ1n) is 11.7. The first-order valence-corrected chi connectivity index (χ1v) is 12.9. The molecule has 1 saturated heterocycles. The fourth-order valence-corrected chi connectivity index (χ4v) is 4.91. The minimum Gasteiger partial charge on any atom is -0.332 e. The van der Waals surface area contributed by atoms with Crippen LogP contribution in [0.15, 0.2) is 83.8 Å². The van der Waals surface area contributed by atoms with E-state index in [2.05, 4.69) is 0 Å². The Labute approximate surface area is 213 Å². The molecule has 1 heterocycles. The van der Waals surface area contributed by atoms with Crippen molar-refractivity contribution < 1.29 is 22.8 Å². The van der Waals surface area contributed by atoms with Crippen LogP contribution in [0.1, 0.15) is 33.5 Å². The Morgan fingerprint density at radius 1 is 0.972 bits per heavy atom. The van der Waals surface area contributed by atoms with Crippen molar-refractivity contribution in [3.8, 4) is 0 Å². The summed E-state index contributed by atoms with van der Waals surface area (Å²) in [7, 11) is 0. The standard InChI is InChI=1S/C28H27F3N2O2S/c1-36-25-12-6-10-22(16-25)27(35)32-18-24(14-13-20-7-3-2-4-8-20)33(26(34)19-32)17-21-9-5-11-23(15-21)28(29,30)31/h2-12,15-16,24H,13-14,17-19H2,1H3/t24-/m0/s1. The highest BCUT2D eigenvalue weighted by Gasteiger charge is 2.36. The third kappa shape index (κ3) is 6.29. The van der Waals surface area contributed by atoms with Gasteiger partial charge in [0.15, 0.2) is 0 Å². The molecule has 8 heteroatoms. The molecule has 36 heavy (non-hydrogen) atoms. The average molecular weight is 513 g/mol. The average Bonchev–Trinajstić information content (AvgIpc) is 2.88. The number of rotatable bonds is 7. The van der Waals surface area contributed by atoms with Crippen molar-refractivity contribution in [3.63, 3.8) is 0 Å². The van der Waals surface area contributed by atoms with Crippen LogP contribution in [0.2, 0.25) is 0 Å². The molecule has 2 amide bonds. The SMILES string of the molecule is CSc1cccc(C(=O)N2CC(=O)N(Cc3cccc(C(F)(F)F)c3)[C@@H](CCc3ccccc3)C2)c1. The van der Waals surface area contributed by atoms with Gasteiger partial charge in [0.1, 0.15) is 6.54 Å². The van der Waals surface area contributed by atoms with Gasteiger partial charge in [-0.25, -0.2) is 0 Å². The zero-order chi connectivity index (χ0) is 25.7. The van der Waals surface area contributed by atoms with Gasteiger partial charge in [-0.1, -0.05) is 48.5 Å². The Hall–Kier alpha value is -3.26. The summed E-state index contributed by atoms with van der Waals surface area (Å²) in [5.41, 5.74) is 1.29. The second-order valence-electron chi connectivity index (χ2n) is 8.82. The lowest BCUT2D eigenvalue weighted by Gasteiger charge is -2.41. The van der Waals surface area contributed by atoms with Crippen LogP contribution in [0.3, 0.4) is 0 Å². The van der Waals surface area contributed by atoms with Crippen LogP contribution in [0.5, 0.6) is 0 Å². The van der Waals surface area contributed by atoms with E-state index in [-0.39, 0.29) is 30.9 Å². The van der Waals surface area contributed by atoms with Gasteiger partial charge in [0.05, 0.1) is 11.6 Å². The monoisotopic (exact) mass is 512 g/mol. The number of piperazine rings is 1. The van der Waals surface area contributed by atoms with Crippen molar-refractivity contribution in [3.05, 3.63) is 101 Å².